The van der Waals surface area contributed by atoms with Gasteiger partial charge in [-0.1, -0.05) is 42.5 Å². The third-order valence-electron chi connectivity index (χ3n) is 8.03. The summed E-state index contributed by atoms with van der Waals surface area (Å²) in [5.41, 5.74) is 1.55. The minimum atomic E-state index is -1.12. The molecule has 0 radical (unpaired) electrons. The highest BCUT2D eigenvalue weighted by Crippen LogP contribution is 2.27. The van der Waals surface area contributed by atoms with Crippen LogP contribution in [0.2, 0.25) is 0 Å². The number of ether oxygens (including phenoxy) is 3. The minimum absolute atomic E-state index is 0.115. The quantitative estimate of drug-likeness (QED) is 0.135. The lowest BCUT2D eigenvalue weighted by molar-refractivity contribution is -0.139. The molecule has 3 aromatic rings. The van der Waals surface area contributed by atoms with E-state index in [0.717, 1.165) is 17.0 Å². The lowest BCUT2D eigenvalue weighted by atomic mass is 9.89. The number of hydrogen-bond donors (Lipinski definition) is 3. The summed E-state index contributed by atoms with van der Waals surface area (Å²) in [5.74, 6) is 2.05. The van der Waals surface area contributed by atoms with E-state index in [1.54, 1.807) is 30.3 Å². The van der Waals surface area contributed by atoms with E-state index < -0.39 is 12.1 Å². The first-order valence-corrected chi connectivity index (χ1v) is 16.0. The number of furan rings is 1. The molecule has 3 N–H and O–H groups in total. The summed E-state index contributed by atoms with van der Waals surface area (Å²) < 4.78 is 22.5. The predicted octanol–water partition coefficient (Wildman–Crippen LogP) is 6.23. The maximum Gasteiger partial charge on any atom is 0.405 e. The molecule has 2 amide bonds. The molecular weight excluding hydrogens is 574 g/mol. The first-order valence-electron chi connectivity index (χ1n) is 16.0. The van der Waals surface area contributed by atoms with Crippen LogP contribution in [0.4, 0.5) is 4.79 Å². The van der Waals surface area contributed by atoms with Gasteiger partial charge in [0.1, 0.15) is 18.1 Å². The Morgan fingerprint density at radius 1 is 0.933 bits per heavy atom. The molecular formula is C35H47N3O7. The molecule has 10 nitrogen and oxygen atoms in total. The van der Waals surface area contributed by atoms with Crippen molar-refractivity contribution in [2.75, 3.05) is 39.4 Å². The van der Waals surface area contributed by atoms with Gasteiger partial charge in [-0.25, -0.2) is 4.79 Å². The highest BCUT2D eigenvalue weighted by atomic mass is 16.7. The van der Waals surface area contributed by atoms with Crippen molar-refractivity contribution >= 4 is 12.0 Å². The fourth-order valence-electron chi connectivity index (χ4n) is 5.65. The highest BCUT2D eigenvalue weighted by Gasteiger charge is 2.24. The van der Waals surface area contributed by atoms with Gasteiger partial charge < -0.3 is 39.3 Å². The average Bonchev–Trinajstić information content (AvgIpc) is 3.56. The number of fused-ring (bicyclic) bond motifs is 3. The molecule has 3 saturated heterocycles. The van der Waals surface area contributed by atoms with Crippen LogP contribution in [0, 0.1) is 5.92 Å². The maximum atomic E-state index is 12.4. The van der Waals surface area contributed by atoms with Crippen LogP contribution in [0.25, 0.3) is 0 Å². The summed E-state index contributed by atoms with van der Waals surface area (Å²) in [4.78, 5) is 26.4. The summed E-state index contributed by atoms with van der Waals surface area (Å²) in [6.45, 7) is 9.75. The van der Waals surface area contributed by atoms with Crippen LogP contribution in [0.1, 0.15) is 79.4 Å². The van der Waals surface area contributed by atoms with Gasteiger partial charge in [0.15, 0.2) is 12.1 Å². The Morgan fingerprint density at radius 3 is 2.22 bits per heavy atom. The summed E-state index contributed by atoms with van der Waals surface area (Å²) in [6, 6.07) is 19.3. The molecule has 0 saturated carbocycles. The molecule has 4 heterocycles. The van der Waals surface area contributed by atoms with Crippen LogP contribution in [0.15, 0.2) is 71.1 Å². The molecule has 3 aliphatic rings. The minimum Gasteiger partial charge on any atom is -0.486 e. The zero-order valence-electron chi connectivity index (χ0n) is 26.4. The third kappa shape index (κ3) is 11.2. The molecule has 3 fully saturated rings. The van der Waals surface area contributed by atoms with E-state index in [0.29, 0.717) is 44.1 Å². The Balaban J connectivity index is 0.000000491. The van der Waals surface area contributed by atoms with Gasteiger partial charge in [0, 0.05) is 26.2 Å². The molecule has 2 aromatic carbocycles. The largest absolute Gasteiger partial charge is 0.486 e. The van der Waals surface area contributed by atoms with Gasteiger partial charge in [-0.15, -0.1) is 0 Å². The summed E-state index contributed by atoms with van der Waals surface area (Å²) >= 11 is 0. The lowest BCUT2D eigenvalue weighted by Crippen LogP contribution is -2.41. The van der Waals surface area contributed by atoms with E-state index in [-0.39, 0.29) is 24.6 Å². The van der Waals surface area contributed by atoms with Crippen molar-refractivity contribution in [1.82, 2.24) is 15.5 Å². The fourth-order valence-corrected chi connectivity index (χ4v) is 5.65. The molecule has 0 spiro atoms. The van der Waals surface area contributed by atoms with E-state index >= 15 is 0 Å². The highest BCUT2D eigenvalue weighted by molar-refractivity contribution is 5.91. The second-order valence-electron chi connectivity index (χ2n) is 11.2. The average molecular weight is 622 g/mol. The lowest BCUT2D eigenvalue weighted by Gasteiger charge is -2.38. The Hall–Kier alpha value is -3.86. The van der Waals surface area contributed by atoms with Crippen molar-refractivity contribution in [3.8, 4) is 5.75 Å². The Kier molecular flexibility index (Phi) is 13.8. The van der Waals surface area contributed by atoms with Gasteiger partial charge in [0.2, 0.25) is 0 Å². The van der Waals surface area contributed by atoms with Crippen LogP contribution in [0.5, 0.6) is 5.75 Å². The van der Waals surface area contributed by atoms with E-state index in [2.05, 4.69) is 15.5 Å². The standard InChI is InChI=1S/C28H34N2O7.C7H13N/c1-3-34-25(35-4-2)14-9-17-29-27(31)24-16-15-23(37-24)19-36-22-13-8-12-21(18-22)26(30-28(32)33)20-10-6-5-7-11-20;1-4-8-5-2-7(1)3-6-8/h5-8,10-13,15-16,18,25-26,30H,3-4,9,14,17,19H2,1-2H3,(H,29,31)(H,32,33);7H,1-6H2. The number of rotatable bonds is 15. The van der Waals surface area contributed by atoms with Gasteiger partial charge >= 0.3 is 6.09 Å². The normalized spacial score (nSPS) is 17.7. The monoisotopic (exact) mass is 621 g/mol. The van der Waals surface area contributed by atoms with Crippen LogP contribution >= 0.6 is 0 Å². The Morgan fingerprint density at radius 2 is 1.62 bits per heavy atom. The molecule has 10 heteroatoms. The number of piperidine rings is 3. The predicted molar refractivity (Wildman–Crippen MR) is 171 cm³/mol. The molecule has 3 aliphatic heterocycles. The second kappa shape index (κ2) is 18.2. The summed E-state index contributed by atoms with van der Waals surface area (Å²) in [6.07, 6.45) is 4.47. The number of hydrogen-bond acceptors (Lipinski definition) is 7. The SMILES string of the molecule is C1CN2CCC1CC2.CCOC(CCCNC(=O)c1ccc(COc2cccc(C(NC(=O)O)c3ccccc3)c2)o1)OCC. The zero-order chi connectivity index (χ0) is 31.9. The maximum absolute atomic E-state index is 12.4. The van der Waals surface area contributed by atoms with E-state index in [1.807, 2.05) is 50.2 Å². The van der Waals surface area contributed by atoms with E-state index in [4.69, 9.17) is 18.6 Å². The van der Waals surface area contributed by atoms with Gasteiger partial charge in [-0.05, 0) is 100 Å². The van der Waals surface area contributed by atoms with Gasteiger partial charge in [-0.2, -0.15) is 0 Å². The summed E-state index contributed by atoms with van der Waals surface area (Å²) in [7, 11) is 0. The van der Waals surface area contributed by atoms with Crippen LogP contribution in [-0.2, 0) is 16.1 Å². The van der Waals surface area contributed by atoms with Crippen molar-refractivity contribution in [2.45, 2.75) is 64.9 Å². The number of carboxylic acid groups (broad SMARTS) is 1. The summed E-state index contributed by atoms with van der Waals surface area (Å²) in [5, 5.41) is 14.7. The van der Waals surface area contributed by atoms with Gasteiger partial charge in [0.05, 0.1) is 6.04 Å². The molecule has 1 atom stereocenters. The first kappa shape index (κ1) is 34.0. The van der Waals surface area contributed by atoms with Crippen molar-refractivity contribution in [3.05, 3.63) is 89.4 Å². The second-order valence-corrected chi connectivity index (χ2v) is 11.2. The third-order valence-corrected chi connectivity index (χ3v) is 8.03. The fraction of sp³-hybridized carbons (Fsp3) is 0.486. The molecule has 0 aliphatic carbocycles. The van der Waals surface area contributed by atoms with Crippen LogP contribution in [0.3, 0.4) is 0 Å². The van der Waals surface area contributed by atoms with Crippen LogP contribution < -0.4 is 15.4 Å². The number of carbonyl (C=O) groups excluding carboxylic acids is 1. The smallest absolute Gasteiger partial charge is 0.405 e. The van der Waals surface area contributed by atoms with Gasteiger partial charge in [0.25, 0.3) is 5.91 Å². The first-order chi connectivity index (χ1) is 21.9. The number of benzene rings is 2. The molecule has 244 valence electrons. The van der Waals surface area contributed by atoms with E-state index in [1.165, 1.54) is 38.9 Å². The number of nitrogens with zero attached hydrogens (tertiary/aromatic N) is 1. The van der Waals surface area contributed by atoms with Gasteiger partial charge in [-0.3, -0.25) is 4.79 Å². The molecule has 1 aromatic heterocycles. The molecule has 6 rings (SSSR count). The topological polar surface area (TPSA) is 123 Å². The van der Waals surface area contributed by atoms with Crippen molar-refractivity contribution in [3.63, 3.8) is 0 Å². The van der Waals surface area contributed by atoms with Crippen molar-refractivity contribution < 1.29 is 33.3 Å². The molecule has 2 bridgehead atoms. The van der Waals surface area contributed by atoms with E-state index in [9.17, 15) is 14.7 Å². The molecule has 45 heavy (non-hydrogen) atoms. The Labute approximate surface area is 266 Å². The molecule has 1 unspecified atom stereocenters. The van der Waals surface area contributed by atoms with Crippen molar-refractivity contribution in [1.29, 1.82) is 0 Å². The van der Waals surface area contributed by atoms with Crippen molar-refractivity contribution in [2.24, 2.45) is 5.92 Å². The van der Waals surface area contributed by atoms with Crippen LogP contribution in [-0.4, -0.2) is 67.7 Å². The number of amides is 2. The zero-order valence-corrected chi connectivity index (χ0v) is 26.4. The number of nitrogens with one attached hydrogen (secondary N) is 2. The number of carbonyl (C=O) groups is 2. The Bertz CT molecular complexity index is 1280.